The van der Waals surface area contributed by atoms with Gasteiger partial charge in [-0.1, -0.05) is 106 Å². The Hall–Kier alpha value is -3.04. The maximum atomic E-state index is 3.38. The van der Waals surface area contributed by atoms with E-state index < -0.39 is 0 Å². The first-order chi connectivity index (χ1) is 14.7. The lowest BCUT2D eigenvalue weighted by Crippen LogP contribution is -1.89. The standard InChI is InChI=1S/C30H32/c1-4-7-24-9-13-26(14-10-24)17-18-28-20-22-30(29(6-3)23-28)21-19-27-15-11-25(8-5-2)12-16-27/h9-18,20,22-23H,4-8H2,1-3H3. The summed E-state index contributed by atoms with van der Waals surface area (Å²) in [7, 11) is 0. The van der Waals surface area contributed by atoms with Crippen molar-refractivity contribution in [3.63, 3.8) is 0 Å². The lowest BCUT2D eigenvalue weighted by Gasteiger charge is -2.04. The summed E-state index contributed by atoms with van der Waals surface area (Å²) in [5, 5.41) is 0. The fourth-order valence-corrected chi connectivity index (χ4v) is 3.59. The Labute approximate surface area is 182 Å². The van der Waals surface area contributed by atoms with Gasteiger partial charge in [0.15, 0.2) is 0 Å². The van der Waals surface area contributed by atoms with Crippen LogP contribution in [0.3, 0.4) is 0 Å². The van der Waals surface area contributed by atoms with Crippen LogP contribution in [-0.4, -0.2) is 0 Å². The zero-order valence-corrected chi connectivity index (χ0v) is 18.5. The molecule has 0 nitrogen and oxygen atoms in total. The molecule has 152 valence electrons. The molecule has 0 aliphatic heterocycles. The summed E-state index contributed by atoms with van der Waals surface area (Å²) in [6.07, 6.45) is 10.0. The van der Waals surface area contributed by atoms with Crippen molar-refractivity contribution < 1.29 is 0 Å². The van der Waals surface area contributed by atoms with Crippen LogP contribution in [0.1, 0.15) is 72.6 Å². The van der Waals surface area contributed by atoms with Crippen LogP contribution < -0.4 is 0 Å². The number of rotatable bonds is 7. The van der Waals surface area contributed by atoms with Crippen LogP contribution in [0.5, 0.6) is 0 Å². The normalized spacial score (nSPS) is 10.8. The van der Waals surface area contributed by atoms with Gasteiger partial charge in [-0.3, -0.25) is 0 Å². The molecule has 0 atom stereocenters. The van der Waals surface area contributed by atoms with E-state index >= 15 is 0 Å². The minimum atomic E-state index is 0.979. The molecule has 0 N–H and O–H groups in total. The van der Waals surface area contributed by atoms with Gasteiger partial charge in [0.25, 0.3) is 0 Å². The van der Waals surface area contributed by atoms with E-state index in [1.165, 1.54) is 40.7 Å². The average Bonchev–Trinajstić information content (AvgIpc) is 2.79. The van der Waals surface area contributed by atoms with Crippen LogP contribution in [0.4, 0.5) is 0 Å². The van der Waals surface area contributed by atoms with Gasteiger partial charge in [0, 0.05) is 11.1 Å². The van der Waals surface area contributed by atoms with Gasteiger partial charge in [0.2, 0.25) is 0 Å². The predicted octanol–water partition coefficient (Wildman–Crippen LogP) is 7.72. The summed E-state index contributed by atoms with van der Waals surface area (Å²) >= 11 is 0. The molecule has 30 heavy (non-hydrogen) atoms. The Balaban J connectivity index is 1.73. The van der Waals surface area contributed by atoms with Crippen molar-refractivity contribution in [1.29, 1.82) is 0 Å². The Kier molecular flexibility index (Phi) is 8.10. The van der Waals surface area contributed by atoms with Gasteiger partial charge in [-0.15, -0.1) is 0 Å². The smallest absolute Gasteiger partial charge is 0.0281 e. The van der Waals surface area contributed by atoms with Crippen molar-refractivity contribution in [2.75, 3.05) is 0 Å². The molecular formula is C30H32. The highest BCUT2D eigenvalue weighted by atomic mass is 14.0. The summed E-state index contributed by atoms with van der Waals surface area (Å²) in [4.78, 5) is 0. The third-order valence-corrected chi connectivity index (χ3v) is 5.33. The molecular weight excluding hydrogens is 360 g/mol. The second-order valence-corrected chi connectivity index (χ2v) is 7.79. The first-order valence-electron chi connectivity index (χ1n) is 11.2. The van der Waals surface area contributed by atoms with Gasteiger partial charge in [0.1, 0.15) is 0 Å². The van der Waals surface area contributed by atoms with E-state index in [0.29, 0.717) is 0 Å². The molecule has 3 rings (SSSR count). The Morgan fingerprint density at radius 1 is 0.633 bits per heavy atom. The molecule has 0 saturated carbocycles. The quantitative estimate of drug-likeness (QED) is 0.285. The van der Waals surface area contributed by atoms with Crippen LogP contribution in [-0.2, 0) is 19.3 Å². The lowest BCUT2D eigenvalue weighted by molar-refractivity contribution is 0.922. The summed E-state index contributed by atoms with van der Waals surface area (Å²) in [6.45, 7) is 6.62. The summed E-state index contributed by atoms with van der Waals surface area (Å²) in [5.41, 5.74) is 8.75. The van der Waals surface area contributed by atoms with E-state index in [2.05, 4.69) is 111 Å². The maximum Gasteiger partial charge on any atom is 0.0281 e. The minimum Gasteiger partial charge on any atom is -0.0651 e. The first kappa shape index (κ1) is 21.7. The molecule has 0 amide bonds. The predicted molar refractivity (Wildman–Crippen MR) is 132 cm³/mol. The largest absolute Gasteiger partial charge is 0.0651 e. The zero-order chi connectivity index (χ0) is 21.2. The number of benzene rings is 3. The third kappa shape index (κ3) is 6.23. The van der Waals surface area contributed by atoms with Crippen LogP contribution in [0.15, 0.2) is 66.7 Å². The number of hydrogen-bond acceptors (Lipinski definition) is 0. The number of aryl methyl sites for hydroxylation is 3. The Bertz CT molecular complexity index is 1020. The van der Waals surface area contributed by atoms with E-state index in [0.717, 1.165) is 30.4 Å². The average molecular weight is 393 g/mol. The van der Waals surface area contributed by atoms with Gasteiger partial charge >= 0.3 is 0 Å². The van der Waals surface area contributed by atoms with Crippen LogP contribution in [0.2, 0.25) is 0 Å². The van der Waals surface area contributed by atoms with Crippen LogP contribution >= 0.6 is 0 Å². The summed E-state index contributed by atoms with van der Waals surface area (Å²) < 4.78 is 0. The van der Waals surface area contributed by atoms with E-state index in [9.17, 15) is 0 Å². The summed E-state index contributed by atoms with van der Waals surface area (Å²) in [6, 6.07) is 24.1. The Morgan fingerprint density at radius 2 is 1.20 bits per heavy atom. The highest BCUT2D eigenvalue weighted by molar-refractivity contribution is 5.70. The SMILES string of the molecule is CCCc1ccc(C#Cc2ccc(C=Cc3ccc(CCC)cc3)cc2CC)cc1. The molecule has 0 aliphatic rings. The van der Waals surface area contributed by atoms with Gasteiger partial charge in [-0.2, -0.15) is 0 Å². The molecule has 3 aromatic carbocycles. The molecule has 0 aromatic heterocycles. The third-order valence-electron chi connectivity index (χ3n) is 5.33. The van der Waals surface area contributed by atoms with Crippen molar-refractivity contribution in [2.24, 2.45) is 0 Å². The number of hydrogen-bond donors (Lipinski definition) is 0. The minimum absolute atomic E-state index is 0.979. The molecule has 3 aromatic rings. The van der Waals surface area contributed by atoms with Crippen LogP contribution in [0, 0.1) is 11.8 Å². The molecule has 0 radical (unpaired) electrons. The van der Waals surface area contributed by atoms with Crippen molar-refractivity contribution in [3.8, 4) is 11.8 Å². The molecule has 0 aliphatic carbocycles. The van der Waals surface area contributed by atoms with Crippen molar-refractivity contribution in [2.45, 2.75) is 52.9 Å². The lowest BCUT2D eigenvalue weighted by atomic mass is 10.0. The van der Waals surface area contributed by atoms with Crippen molar-refractivity contribution in [1.82, 2.24) is 0 Å². The van der Waals surface area contributed by atoms with E-state index in [1.54, 1.807) is 0 Å². The molecule has 0 heteroatoms. The van der Waals surface area contributed by atoms with E-state index in [1.807, 2.05) is 0 Å². The fourth-order valence-electron chi connectivity index (χ4n) is 3.59. The monoisotopic (exact) mass is 392 g/mol. The second-order valence-electron chi connectivity index (χ2n) is 7.79. The maximum absolute atomic E-state index is 3.38. The molecule has 0 spiro atoms. The fraction of sp³-hybridized carbons (Fsp3) is 0.267. The Morgan fingerprint density at radius 3 is 1.80 bits per heavy atom. The molecule has 0 unspecified atom stereocenters. The second kappa shape index (κ2) is 11.2. The van der Waals surface area contributed by atoms with Crippen molar-refractivity contribution >= 4 is 12.2 Å². The highest BCUT2D eigenvalue weighted by Crippen LogP contribution is 2.16. The van der Waals surface area contributed by atoms with Gasteiger partial charge in [-0.05, 0) is 65.3 Å². The zero-order valence-electron chi connectivity index (χ0n) is 18.5. The molecule has 0 fully saturated rings. The van der Waals surface area contributed by atoms with Crippen LogP contribution in [0.25, 0.3) is 12.2 Å². The highest BCUT2D eigenvalue weighted by Gasteiger charge is 2.00. The molecule has 0 bridgehead atoms. The van der Waals surface area contributed by atoms with Gasteiger partial charge in [-0.25, -0.2) is 0 Å². The van der Waals surface area contributed by atoms with E-state index in [4.69, 9.17) is 0 Å². The molecule has 0 saturated heterocycles. The van der Waals surface area contributed by atoms with Gasteiger partial charge < -0.3 is 0 Å². The van der Waals surface area contributed by atoms with Gasteiger partial charge in [0.05, 0.1) is 0 Å². The van der Waals surface area contributed by atoms with Crippen molar-refractivity contribution in [3.05, 3.63) is 106 Å². The first-order valence-corrected chi connectivity index (χ1v) is 11.2. The summed E-state index contributed by atoms with van der Waals surface area (Å²) in [5.74, 6) is 6.71. The van der Waals surface area contributed by atoms with E-state index in [-0.39, 0.29) is 0 Å². The molecule has 0 heterocycles. The topological polar surface area (TPSA) is 0 Å².